The zero-order chi connectivity index (χ0) is 21.0. The van der Waals surface area contributed by atoms with Gasteiger partial charge < -0.3 is 15.0 Å². The zero-order valence-electron chi connectivity index (χ0n) is 15.8. The Labute approximate surface area is 172 Å². The normalized spacial score (nSPS) is 10.9. The number of aromatic carboxylic acids is 1. The van der Waals surface area contributed by atoms with Crippen molar-refractivity contribution in [2.24, 2.45) is 5.10 Å². The minimum atomic E-state index is -1.09. The van der Waals surface area contributed by atoms with E-state index in [0.717, 1.165) is 17.0 Å². The van der Waals surface area contributed by atoms with Crippen molar-refractivity contribution in [3.63, 3.8) is 0 Å². The van der Waals surface area contributed by atoms with Crippen LogP contribution in [-0.2, 0) is 0 Å². The minimum Gasteiger partial charge on any atom is -0.478 e. The number of carbonyl (C=O) groups is 2. The molecular formula is C21H19ClN4O3. The van der Waals surface area contributed by atoms with Crippen LogP contribution in [0.2, 0.25) is 5.02 Å². The highest BCUT2D eigenvalue weighted by Gasteiger charge is 2.14. The molecule has 8 heteroatoms. The third-order valence-electron chi connectivity index (χ3n) is 4.31. The lowest BCUT2D eigenvalue weighted by Crippen LogP contribution is -2.24. The molecule has 0 radical (unpaired) electrons. The van der Waals surface area contributed by atoms with Crippen LogP contribution in [0.5, 0.6) is 0 Å². The Hall–Kier alpha value is -3.58. The van der Waals surface area contributed by atoms with Crippen molar-refractivity contribution in [2.45, 2.75) is 13.8 Å². The van der Waals surface area contributed by atoms with Gasteiger partial charge >= 0.3 is 12.0 Å². The fourth-order valence-corrected chi connectivity index (χ4v) is 3.17. The van der Waals surface area contributed by atoms with Crippen molar-refractivity contribution in [3.05, 3.63) is 82.1 Å². The minimum absolute atomic E-state index is 0.0335. The highest BCUT2D eigenvalue weighted by Crippen LogP contribution is 2.24. The van der Waals surface area contributed by atoms with Crippen LogP contribution in [0.1, 0.15) is 27.3 Å². The Morgan fingerprint density at radius 3 is 2.52 bits per heavy atom. The highest BCUT2D eigenvalue weighted by molar-refractivity contribution is 6.33. The van der Waals surface area contributed by atoms with Crippen molar-refractivity contribution in [1.82, 2.24) is 9.99 Å². The number of rotatable bonds is 5. The molecule has 0 atom stereocenters. The number of urea groups is 1. The average Bonchev–Trinajstić information content (AvgIpc) is 2.96. The molecule has 7 nitrogen and oxygen atoms in total. The van der Waals surface area contributed by atoms with Gasteiger partial charge in [0.25, 0.3) is 0 Å². The SMILES string of the molecule is Cc1cc(/C=N/NC(=O)Nc2ccccc2)c(C)n1-c1ccc(Cl)c(C(=O)O)c1. The largest absolute Gasteiger partial charge is 0.478 e. The van der Waals surface area contributed by atoms with Crippen LogP contribution in [-0.4, -0.2) is 27.9 Å². The van der Waals surface area contributed by atoms with Gasteiger partial charge in [0.05, 0.1) is 16.8 Å². The van der Waals surface area contributed by atoms with E-state index < -0.39 is 12.0 Å². The number of carbonyl (C=O) groups excluding carboxylic acids is 1. The predicted octanol–water partition coefficient (Wildman–Crippen LogP) is 4.60. The summed E-state index contributed by atoms with van der Waals surface area (Å²) in [5.41, 5.74) is 6.31. The van der Waals surface area contributed by atoms with Crippen molar-refractivity contribution >= 4 is 35.5 Å². The first-order valence-electron chi connectivity index (χ1n) is 8.74. The summed E-state index contributed by atoms with van der Waals surface area (Å²) in [4.78, 5) is 23.3. The summed E-state index contributed by atoms with van der Waals surface area (Å²) < 4.78 is 1.90. The lowest BCUT2D eigenvalue weighted by atomic mass is 10.2. The lowest BCUT2D eigenvalue weighted by molar-refractivity contribution is 0.0697. The van der Waals surface area contributed by atoms with E-state index in [9.17, 15) is 14.7 Å². The fourth-order valence-electron chi connectivity index (χ4n) is 2.97. The number of aryl methyl sites for hydroxylation is 1. The number of hydrogen-bond donors (Lipinski definition) is 3. The third kappa shape index (κ3) is 4.64. The number of nitrogens with zero attached hydrogens (tertiary/aromatic N) is 2. The molecule has 29 heavy (non-hydrogen) atoms. The van der Waals surface area contributed by atoms with E-state index in [1.165, 1.54) is 12.3 Å². The van der Waals surface area contributed by atoms with Crippen molar-refractivity contribution in [3.8, 4) is 5.69 Å². The number of benzene rings is 2. The van der Waals surface area contributed by atoms with E-state index in [1.54, 1.807) is 24.3 Å². The van der Waals surface area contributed by atoms with Gasteiger partial charge in [-0.15, -0.1) is 0 Å². The molecule has 2 amide bonds. The quantitative estimate of drug-likeness (QED) is 0.423. The summed E-state index contributed by atoms with van der Waals surface area (Å²) in [6, 6.07) is 15.3. The standard InChI is InChI=1S/C21H19ClN4O3/c1-13-10-15(12-23-25-21(29)24-16-6-4-3-5-7-16)14(2)26(13)17-8-9-19(22)18(11-17)20(27)28/h3-12H,1-2H3,(H,27,28)(H2,24,25,29)/b23-12+. The van der Waals surface area contributed by atoms with Gasteiger partial charge in [0.1, 0.15) is 0 Å². The molecule has 3 aromatic rings. The van der Waals surface area contributed by atoms with Gasteiger partial charge in [-0.1, -0.05) is 29.8 Å². The first-order chi connectivity index (χ1) is 13.9. The maximum Gasteiger partial charge on any atom is 0.339 e. The van der Waals surface area contributed by atoms with Crippen molar-refractivity contribution in [2.75, 3.05) is 5.32 Å². The van der Waals surface area contributed by atoms with E-state index in [4.69, 9.17) is 11.6 Å². The number of carboxylic acids is 1. The number of hydrazone groups is 1. The number of carboxylic acid groups (broad SMARTS) is 1. The summed E-state index contributed by atoms with van der Waals surface area (Å²) in [5.74, 6) is -1.09. The second kappa shape index (κ2) is 8.62. The molecule has 0 fully saturated rings. The van der Waals surface area contributed by atoms with Gasteiger partial charge in [0.2, 0.25) is 0 Å². The van der Waals surface area contributed by atoms with E-state index in [2.05, 4.69) is 15.8 Å². The molecule has 1 heterocycles. The number of nitrogens with one attached hydrogen (secondary N) is 2. The number of hydrogen-bond acceptors (Lipinski definition) is 3. The smallest absolute Gasteiger partial charge is 0.339 e. The summed E-state index contributed by atoms with van der Waals surface area (Å²) in [7, 11) is 0. The van der Waals surface area contributed by atoms with E-state index in [-0.39, 0.29) is 10.6 Å². The van der Waals surface area contributed by atoms with Crippen LogP contribution in [0.25, 0.3) is 5.69 Å². The molecule has 0 bridgehead atoms. The molecule has 1 aromatic heterocycles. The van der Waals surface area contributed by atoms with E-state index >= 15 is 0 Å². The molecule has 0 saturated heterocycles. The Morgan fingerprint density at radius 1 is 1.10 bits per heavy atom. The van der Waals surface area contributed by atoms with Crippen LogP contribution in [0.3, 0.4) is 0 Å². The summed E-state index contributed by atoms with van der Waals surface area (Å²) in [6.07, 6.45) is 1.54. The van der Waals surface area contributed by atoms with Gasteiger partial charge in [0, 0.05) is 28.3 Å². The molecule has 148 valence electrons. The molecular weight excluding hydrogens is 392 g/mol. The van der Waals surface area contributed by atoms with Gasteiger partial charge in [-0.3, -0.25) is 0 Å². The van der Waals surface area contributed by atoms with Crippen LogP contribution in [0, 0.1) is 13.8 Å². The average molecular weight is 411 g/mol. The fraction of sp³-hybridized carbons (Fsp3) is 0.0952. The van der Waals surface area contributed by atoms with Crippen LogP contribution >= 0.6 is 11.6 Å². The van der Waals surface area contributed by atoms with Gasteiger partial charge in [-0.25, -0.2) is 15.0 Å². The zero-order valence-corrected chi connectivity index (χ0v) is 16.6. The first kappa shape index (κ1) is 20.2. The molecule has 0 saturated carbocycles. The number of amides is 2. The van der Waals surface area contributed by atoms with Crippen LogP contribution < -0.4 is 10.7 Å². The van der Waals surface area contributed by atoms with E-state index in [1.807, 2.05) is 42.7 Å². The number of anilines is 1. The molecule has 0 spiro atoms. The van der Waals surface area contributed by atoms with Crippen LogP contribution in [0.15, 0.2) is 59.7 Å². The monoisotopic (exact) mass is 410 g/mol. The highest BCUT2D eigenvalue weighted by atomic mass is 35.5. The second-order valence-corrected chi connectivity index (χ2v) is 6.73. The Bertz CT molecular complexity index is 1090. The van der Waals surface area contributed by atoms with Gasteiger partial charge in [-0.2, -0.15) is 5.10 Å². The molecule has 0 aliphatic carbocycles. The number of para-hydroxylation sites is 1. The molecule has 3 rings (SSSR count). The van der Waals surface area contributed by atoms with E-state index in [0.29, 0.717) is 11.4 Å². The van der Waals surface area contributed by atoms with Crippen molar-refractivity contribution < 1.29 is 14.7 Å². The molecule has 0 aliphatic rings. The summed E-state index contributed by atoms with van der Waals surface area (Å²) in [5, 5.41) is 16.1. The maximum atomic E-state index is 11.9. The number of aromatic nitrogens is 1. The topological polar surface area (TPSA) is 95.7 Å². The third-order valence-corrected chi connectivity index (χ3v) is 4.64. The number of halogens is 1. The van der Waals surface area contributed by atoms with Crippen LogP contribution in [0.4, 0.5) is 10.5 Å². The Balaban J connectivity index is 1.77. The first-order valence-corrected chi connectivity index (χ1v) is 9.12. The van der Waals surface area contributed by atoms with Gasteiger partial charge in [0.15, 0.2) is 0 Å². The molecule has 3 N–H and O–H groups in total. The predicted molar refractivity (Wildman–Crippen MR) is 113 cm³/mol. The maximum absolute atomic E-state index is 11.9. The van der Waals surface area contributed by atoms with Gasteiger partial charge in [-0.05, 0) is 50.2 Å². The summed E-state index contributed by atoms with van der Waals surface area (Å²) >= 11 is 5.96. The second-order valence-electron chi connectivity index (χ2n) is 6.32. The lowest BCUT2D eigenvalue weighted by Gasteiger charge is -2.11. The molecule has 2 aromatic carbocycles. The van der Waals surface area contributed by atoms with Crippen molar-refractivity contribution in [1.29, 1.82) is 0 Å². The molecule has 0 unspecified atom stereocenters. The molecule has 0 aliphatic heterocycles. The Morgan fingerprint density at radius 2 is 1.83 bits per heavy atom. The summed E-state index contributed by atoms with van der Waals surface area (Å²) in [6.45, 7) is 3.78. The Kier molecular flexibility index (Phi) is 5.99.